The Hall–Kier alpha value is -16.5. The third-order valence-electron chi connectivity index (χ3n) is 23.2. The van der Waals surface area contributed by atoms with Crippen LogP contribution in [0.25, 0.3) is 223 Å². The number of rotatable bonds is 14. The molecule has 8 heteroatoms. The van der Waals surface area contributed by atoms with Gasteiger partial charge in [0.25, 0.3) is 0 Å². The highest BCUT2D eigenvalue weighted by molar-refractivity contribution is 6.24. The summed E-state index contributed by atoms with van der Waals surface area (Å²) < 4.78 is 0. The molecule has 0 radical (unpaired) electrons. The van der Waals surface area contributed by atoms with Crippen LogP contribution in [0.2, 0.25) is 0 Å². The largest absolute Gasteiger partial charge is 0.256 e. The molecule has 20 aromatic rings. The van der Waals surface area contributed by atoms with Crippen molar-refractivity contribution in [2.24, 2.45) is 0 Å². The summed E-state index contributed by atoms with van der Waals surface area (Å²) in [4.78, 5) is 29.9. The Labute approximate surface area is 695 Å². The molecular weight excluding hydrogens is 1460 g/mol. The zero-order chi connectivity index (χ0) is 80.0. The summed E-state index contributed by atoms with van der Waals surface area (Å²) in [6.07, 6.45) is 3.63. The highest BCUT2D eigenvalue weighted by Gasteiger charge is 2.28. The normalized spacial score (nSPS) is 11.3. The fraction of sp³-hybridized carbons (Fsp3) is 0. The van der Waals surface area contributed by atoms with Gasteiger partial charge >= 0.3 is 0 Å². The maximum absolute atomic E-state index is 9.54. The third-order valence-corrected chi connectivity index (χ3v) is 23.2. The van der Waals surface area contributed by atoms with Crippen LogP contribution in [0.5, 0.6) is 0 Å². The van der Waals surface area contributed by atoms with Gasteiger partial charge in [-0.3, -0.25) is 9.97 Å². The number of aromatic nitrogens is 6. The Kier molecular flexibility index (Phi) is 18.2. The van der Waals surface area contributed by atoms with Crippen LogP contribution < -0.4 is 0 Å². The summed E-state index contributed by atoms with van der Waals surface area (Å²) in [5.41, 5.74) is 38.2. The monoisotopic (exact) mass is 1520 g/mol. The lowest BCUT2D eigenvalue weighted by Gasteiger charge is -2.15. The van der Waals surface area contributed by atoms with Gasteiger partial charge in [0.1, 0.15) is 0 Å². The van der Waals surface area contributed by atoms with Crippen molar-refractivity contribution >= 4 is 21.5 Å². The van der Waals surface area contributed by atoms with Crippen LogP contribution >= 0.6 is 0 Å². The van der Waals surface area contributed by atoms with Gasteiger partial charge in [0.15, 0.2) is 11.6 Å². The Morgan fingerprint density at radius 1 is 0.158 bits per heavy atom. The van der Waals surface area contributed by atoms with Gasteiger partial charge in [0.2, 0.25) is 0 Å². The van der Waals surface area contributed by atoms with E-state index in [-0.39, 0.29) is 0 Å². The van der Waals surface area contributed by atoms with Crippen molar-refractivity contribution in [1.29, 1.82) is 10.5 Å². The van der Waals surface area contributed by atoms with E-state index in [0.717, 1.165) is 134 Å². The highest BCUT2D eigenvalue weighted by Crippen LogP contribution is 2.54. The molecule has 8 nitrogen and oxygen atoms in total. The smallest absolute Gasteiger partial charge is 0.160 e. The minimum absolute atomic E-state index is 0.644. The van der Waals surface area contributed by atoms with E-state index in [4.69, 9.17) is 19.9 Å². The Morgan fingerprint density at radius 3 is 0.650 bits per heavy atom. The standard InChI is InChI=1S/C57H35N3.C55H33N5/c58-36-37-15-17-42(18-16-37)47-31-33-51-49-13-7-8-14-50(49)52-34-32-48(55(47)56(51)52)43-23-29-46(30-24-43)57-59-53(44-25-19-40(20-26-44)38-9-3-1-4-10-38)35-54(60-57)45-27-21-41(22-28-45)39-11-5-2-6-12-39;56-34-35-11-13-36(14-12-35)43-27-29-47-45-7-1-2-8-46(45)48-30-28-44(53(43)54(47)48)37-15-25-42(26-16-37)55-59-51(40-21-17-38(18-22-40)49-9-3-5-31-57-49)33-52(60-55)41-23-19-39(20-24-41)50-10-4-6-32-58-50/h1-35H;1-33H. The van der Waals surface area contributed by atoms with Gasteiger partial charge < -0.3 is 0 Å². The average Bonchev–Trinajstić information content (AvgIpc) is 1.55. The second-order valence-corrected chi connectivity index (χ2v) is 30.2. The lowest BCUT2D eigenvalue weighted by molar-refractivity contribution is 1.18. The van der Waals surface area contributed by atoms with Crippen LogP contribution in [0, 0.1) is 22.7 Å². The number of pyridine rings is 2. The lowest BCUT2D eigenvalue weighted by atomic mass is 9.88. The first-order valence-electron chi connectivity index (χ1n) is 40.1. The molecule has 4 heterocycles. The van der Waals surface area contributed by atoms with Crippen LogP contribution in [-0.4, -0.2) is 29.9 Å². The minimum atomic E-state index is 0.644. The van der Waals surface area contributed by atoms with Crippen molar-refractivity contribution in [3.05, 3.63) is 424 Å². The molecule has 0 saturated heterocycles. The van der Waals surface area contributed by atoms with E-state index < -0.39 is 0 Å². The lowest BCUT2D eigenvalue weighted by Crippen LogP contribution is -1.96. The summed E-state index contributed by atoms with van der Waals surface area (Å²) in [5, 5.41) is 24.0. The molecule has 22 rings (SSSR count). The summed E-state index contributed by atoms with van der Waals surface area (Å²) in [5.74, 6) is 1.31. The van der Waals surface area contributed by atoms with Gasteiger partial charge in [-0.15, -0.1) is 0 Å². The van der Waals surface area contributed by atoms with Crippen LogP contribution in [0.15, 0.2) is 413 Å². The van der Waals surface area contributed by atoms with Crippen LogP contribution in [-0.2, 0) is 0 Å². The van der Waals surface area contributed by atoms with Crippen LogP contribution in [0.4, 0.5) is 0 Å². The van der Waals surface area contributed by atoms with E-state index in [1.165, 1.54) is 77.2 Å². The zero-order valence-corrected chi connectivity index (χ0v) is 64.8. The first-order chi connectivity index (χ1) is 59.4. The van der Waals surface area contributed by atoms with Crippen molar-refractivity contribution in [3.8, 4) is 214 Å². The average molecular weight is 1530 g/mol. The van der Waals surface area contributed by atoms with Crippen LogP contribution in [0.3, 0.4) is 0 Å². The molecule has 556 valence electrons. The van der Waals surface area contributed by atoms with Gasteiger partial charge in [-0.25, -0.2) is 19.9 Å². The van der Waals surface area contributed by atoms with Crippen molar-refractivity contribution in [1.82, 2.24) is 29.9 Å². The molecule has 2 aliphatic rings. The molecule has 0 fully saturated rings. The predicted molar refractivity (Wildman–Crippen MR) is 489 cm³/mol. The second kappa shape index (κ2) is 30.7. The minimum Gasteiger partial charge on any atom is -0.256 e. The van der Waals surface area contributed by atoms with E-state index >= 15 is 0 Å². The highest BCUT2D eigenvalue weighted by atomic mass is 14.9. The van der Waals surface area contributed by atoms with E-state index in [2.05, 4.69) is 350 Å². The third kappa shape index (κ3) is 13.3. The van der Waals surface area contributed by atoms with Gasteiger partial charge in [-0.1, -0.05) is 340 Å². The maximum Gasteiger partial charge on any atom is 0.160 e. The number of nitrogens with zero attached hydrogens (tertiary/aromatic N) is 8. The van der Waals surface area contributed by atoms with E-state index in [1.807, 2.05) is 85.2 Å². The quantitative estimate of drug-likeness (QED) is 0.105. The topological polar surface area (TPSA) is 125 Å². The number of benzene rings is 16. The first kappa shape index (κ1) is 71.3. The number of hydrogen-bond donors (Lipinski definition) is 0. The zero-order valence-electron chi connectivity index (χ0n) is 64.8. The molecule has 0 unspecified atom stereocenters. The Morgan fingerprint density at radius 2 is 0.375 bits per heavy atom. The fourth-order valence-corrected chi connectivity index (χ4v) is 17.2. The van der Waals surface area contributed by atoms with Gasteiger partial charge in [-0.05, 0) is 193 Å². The molecule has 0 saturated carbocycles. The summed E-state index contributed by atoms with van der Waals surface area (Å²) >= 11 is 0. The summed E-state index contributed by atoms with van der Waals surface area (Å²) in [7, 11) is 0. The molecule has 0 aliphatic heterocycles. The van der Waals surface area contributed by atoms with E-state index in [1.54, 1.807) is 0 Å². The molecule has 0 spiro atoms. The summed E-state index contributed by atoms with van der Waals surface area (Å²) in [6.45, 7) is 0. The molecular formula is C112H68N8. The van der Waals surface area contributed by atoms with Crippen LogP contribution in [0.1, 0.15) is 11.1 Å². The van der Waals surface area contributed by atoms with E-state index in [0.29, 0.717) is 22.8 Å². The van der Waals surface area contributed by atoms with Gasteiger partial charge in [0, 0.05) is 56.9 Å². The van der Waals surface area contributed by atoms with E-state index in [9.17, 15) is 10.5 Å². The van der Waals surface area contributed by atoms with Crippen molar-refractivity contribution in [2.45, 2.75) is 0 Å². The van der Waals surface area contributed by atoms with Crippen molar-refractivity contribution < 1.29 is 0 Å². The Bertz CT molecular complexity index is 6700. The van der Waals surface area contributed by atoms with Crippen molar-refractivity contribution in [2.75, 3.05) is 0 Å². The maximum atomic E-state index is 9.54. The molecule has 0 amide bonds. The number of fused-ring (bicyclic) bond motifs is 6. The molecule has 2 aliphatic carbocycles. The Balaban J connectivity index is 0.000000148. The molecule has 4 aromatic heterocycles. The molecule has 16 aromatic carbocycles. The predicted octanol–water partition coefficient (Wildman–Crippen LogP) is 28.4. The van der Waals surface area contributed by atoms with Gasteiger partial charge in [-0.2, -0.15) is 10.5 Å². The van der Waals surface area contributed by atoms with Crippen molar-refractivity contribution in [3.63, 3.8) is 0 Å². The number of hydrogen-bond acceptors (Lipinski definition) is 8. The number of nitriles is 2. The molecule has 0 N–H and O–H groups in total. The molecule has 120 heavy (non-hydrogen) atoms. The fourth-order valence-electron chi connectivity index (χ4n) is 17.2. The molecule has 0 bridgehead atoms. The molecule has 0 atom stereocenters. The first-order valence-corrected chi connectivity index (χ1v) is 40.1. The summed E-state index contributed by atoms with van der Waals surface area (Å²) in [6, 6.07) is 144. The second-order valence-electron chi connectivity index (χ2n) is 30.2. The van der Waals surface area contributed by atoms with Gasteiger partial charge in [0.05, 0.1) is 57.4 Å². The SMILES string of the molecule is N#Cc1ccc(-c2ccc3c4c(ccc(-c5ccc(-c6nc(-c7ccc(-c8ccccc8)cc7)cc(-c7ccc(-c8ccccc8)cc7)n6)cc5)c24)-c2ccccc2-3)cc1.N#Cc1ccc(-c2ccc3c4c(ccc(-c5ccc(-c6nc(-c7ccc(-c8ccccn8)cc7)cc(-c7ccc(-c8ccccn8)cc7)n6)cc5)c24)-c2ccccc2-3)cc1.